The lowest BCUT2D eigenvalue weighted by Crippen LogP contribution is -2.34. The second kappa shape index (κ2) is 9.90. The Labute approximate surface area is 169 Å². The Bertz CT molecular complexity index is 882. The quantitative estimate of drug-likeness (QED) is 0.697. The van der Waals surface area contributed by atoms with Crippen molar-refractivity contribution >= 4 is 29.4 Å². The summed E-state index contributed by atoms with van der Waals surface area (Å²) in [6.07, 6.45) is 0. The van der Waals surface area contributed by atoms with Crippen molar-refractivity contribution in [1.29, 1.82) is 0 Å². The van der Waals surface area contributed by atoms with E-state index in [1.54, 1.807) is 31.2 Å². The molecule has 7 heteroatoms. The highest BCUT2D eigenvalue weighted by atomic mass is 35.5. The normalized spacial score (nSPS) is 11.4. The number of carbonyl (C=O) groups excluding carboxylic acids is 3. The van der Waals surface area contributed by atoms with Crippen LogP contribution < -0.4 is 10.6 Å². The number of nitrogens with one attached hydrogen (secondary N) is 2. The number of esters is 1. The molecule has 6 nitrogen and oxygen atoms in total. The minimum absolute atomic E-state index is 0.320. The van der Waals surface area contributed by atoms with Crippen LogP contribution in [0.15, 0.2) is 42.5 Å². The summed E-state index contributed by atoms with van der Waals surface area (Å²) in [5.74, 6) is -1.53. The van der Waals surface area contributed by atoms with Gasteiger partial charge < -0.3 is 15.4 Å². The summed E-state index contributed by atoms with van der Waals surface area (Å²) in [4.78, 5) is 35.8. The zero-order valence-corrected chi connectivity index (χ0v) is 16.8. The molecule has 0 aliphatic heterocycles. The molecule has 0 bridgehead atoms. The van der Waals surface area contributed by atoms with Crippen LogP contribution in [0.1, 0.15) is 40.0 Å². The first kappa shape index (κ1) is 21.4. The molecule has 0 saturated heterocycles. The van der Waals surface area contributed by atoms with Crippen LogP contribution in [0.5, 0.6) is 0 Å². The van der Waals surface area contributed by atoms with Gasteiger partial charge in [0, 0.05) is 10.6 Å². The Morgan fingerprint density at radius 1 is 1.07 bits per heavy atom. The van der Waals surface area contributed by atoms with Crippen LogP contribution in [0.3, 0.4) is 0 Å². The smallest absolute Gasteiger partial charge is 0.325 e. The Kier molecular flexibility index (Phi) is 7.58. The molecular weight excluding hydrogens is 380 g/mol. The molecule has 0 spiro atoms. The van der Waals surface area contributed by atoms with E-state index in [4.69, 9.17) is 16.3 Å². The van der Waals surface area contributed by atoms with Gasteiger partial charge in [-0.2, -0.15) is 0 Å². The molecule has 0 radical (unpaired) electrons. The van der Waals surface area contributed by atoms with Gasteiger partial charge in [-0.3, -0.25) is 14.4 Å². The SMILES string of the molecule is Cc1ccc(C(=O)NCC(=O)OCC(=O)N[C@H](C)c2ccccc2Cl)cc1C. The summed E-state index contributed by atoms with van der Waals surface area (Å²) in [6.45, 7) is 4.88. The lowest BCUT2D eigenvalue weighted by atomic mass is 10.1. The van der Waals surface area contributed by atoms with Crippen LogP contribution >= 0.6 is 11.6 Å². The topological polar surface area (TPSA) is 84.5 Å². The number of aryl methyl sites for hydroxylation is 2. The third-order valence-corrected chi connectivity index (χ3v) is 4.62. The number of hydrogen-bond acceptors (Lipinski definition) is 4. The first-order valence-electron chi connectivity index (χ1n) is 8.82. The van der Waals surface area contributed by atoms with Crippen molar-refractivity contribution in [1.82, 2.24) is 10.6 Å². The van der Waals surface area contributed by atoms with Gasteiger partial charge in [0.15, 0.2) is 6.61 Å². The molecular formula is C21H23ClN2O4. The van der Waals surface area contributed by atoms with Crippen molar-refractivity contribution in [3.05, 3.63) is 69.7 Å². The molecule has 2 aromatic carbocycles. The monoisotopic (exact) mass is 402 g/mol. The summed E-state index contributed by atoms with van der Waals surface area (Å²) in [7, 11) is 0. The number of halogens is 1. The largest absolute Gasteiger partial charge is 0.454 e. The van der Waals surface area contributed by atoms with Gasteiger partial charge in [-0.15, -0.1) is 0 Å². The highest BCUT2D eigenvalue weighted by Crippen LogP contribution is 2.21. The molecule has 0 heterocycles. The summed E-state index contributed by atoms with van der Waals surface area (Å²) in [5, 5.41) is 5.73. The second-order valence-corrected chi connectivity index (χ2v) is 6.86. The molecule has 0 saturated carbocycles. The van der Waals surface area contributed by atoms with Crippen molar-refractivity contribution < 1.29 is 19.1 Å². The van der Waals surface area contributed by atoms with Crippen molar-refractivity contribution in [3.8, 4) is 0 Å². The highest BCUT2D eigenvalue weighted by molar-refractivity contribution is 6.31. The Hall–Kier alpha value is -2.86. The van der Waals surface area contributed by atoms with Crippen molar-refractivity contribution in [3.63, 3.8) is 0 Å². The predicted octanol–water partition coefficient (Wildman–Crippen LogP) is 3.11. The number of carbonyl (C=O) groups is 3. The van der Waals surface area contributed by atoms with E-state index in [0.29, 0.717) is 10.6 Å². The first-order chi connectivity index (χ1) is 13.3. The molecule has 0 unspecified atom stereocenters. The lowest BCUT2D eigenvalue weighted by Gasteiger charge is -2.15. The maximum absolute atomic E-state index is 12.1. The average molecular weight is 403 g/mol. The number of benzene rings is 2. The van der Waals surface area contributed by atoms with Gasteiger partial charge in [0.05, 0.1) is 6.04 Å². The molecule has 0 fully saturated rings. The van der Waals surface area contributed by atoms with Crippen molar-refractivity contribution in [2.45, 2.75) is 26.8 Å². The van der Waals surface area contributed by atoms with Crippen LogP contribution in [0.25, 0.3) is 0 Å². The summed E-state index contributed by atoms with van der Waals surface area (Å²) < 4.78 is 4.90. The minimum Gasteiger partial charge on any atom is -0.454 e. The average Bonchev–Trinajstić information content (AvgIpc) is 2.66. The molecule has 0 aliphatic carbocycles. The molecule has 2 rings (SSSR count). The fraction of sp³-hybridized carbons (Fsp3) is 0.286. The third kappa shape index (κ3) is 6.09. The van der Waals surface area contributed by atoms with E-state index in [0.717, 1.165) is 16.7 Å². The van der Waals surface area contributed by atoms with E-state index in [-0.39, 0.29) is 18.5 Å². The number of rotatable bonds is 7. The van der Waals surface area contributed by atoms with Crippen LogP contribution in [-0.4, -0.2) is 30.9 Å². The zero-order valence-electron chi connectivity index (χ0n) is 16.0. The van der Waals surface area contributed by atoms with E-state index < -0.39 is 18.5 Å². The van der Waals surface area contributed by atoms with E-state index in [2.05, 4.69) is 10.6 Å². The van der Waals surface area contributed by atoms with E-state index >= 15 is 0 Å². The molecule has 28 heavy (non-hydrogen) atoms. The van der Waals surface area contributed by atoms with Gasteiger partial charge in [0.1, 0.15) is 6.54 Å². The fourth-order valence-electron chi connectivity index (χ4n) is 2.52. The van der Waals surface area contributed by atoms with Crippen LogP contribution in [0.2, 0.25) is 5.02 Å². The standard InChI is InChI=1S/C21H23ClN2O4/c1-13-8-9-16(10-14(13)2)21(27)23-11-20(26)28-12-19(25)24-15(3)17-6-4-5-7-18(17)22/h4-10,15H,11-12H2,1-3H3,(H,23,27)(H,24,25)/t15-/m1/s1. The zero-order chi connectivity index (χ0) is 20.7. The van der Waals surface area contributed by atoms with Gasteiger partial charge in [-0.1, -0.05) is 35.9 Å². The fourth-order valence-corrected chi connectivity index (χ4v) is 2.82. The lowest BCUT2D eigenvalue weighted by molar-refractivity contribution is -0.147. The molecule has 0 aliphatic rings. The maximum Gasteiger partial charge on any atom is 0.325 e. The van der Waals surface area contributed by atoms with Gasteiger partial charge in [0.25, 0.3) is 11.8 Å². The summed E-state index contributed by atoms with van der Waals surface area (Å²) in [5.41, 5.74) is 3.29. The van der Waals surface area contributed by atoms with Crippen LogP contribution in [0.4, 0.5) is 0 Å². The molecule has 2 aromatic rings. The summed E-state index contributed by atoms with van der Waals surface area (Å²) >= 11 is 6.09. The second-order valence-electron chi connectivity index (χ2n) is 6.45. The molecule has 2 amide bonds. The van der Waals surface area contributed by atoms with E-state index in [1.807, 2.05) is 32.0 Å². The van der Waals surface area contributed by atoms with Gasteiger partial charge >= 0.3 is 5.97 Å². The Morgan fingerprint density at radius 3 is 2.46 bits per heavy atom. The third-order valence-electron chi connectivity index (χ3n) is 4.28. The number of amides is 2. The van der Waals surface area contributed by atoms with Crippen molar-refractivity contribution in [2.24, 2.45) is 0 Å². The minimum atomic E-state index is -0.697. The van der Waals surface area contributed by atoms with E-state index in [9.17, 15) is 14.4 Å². The number of ether oxygens (including phenoxy) is 1. The van der Waals surface area contributed by atoms with Crippen LogP contribution in [-0.2, 0) is 14.3 Å². The first-order valence-corrected chi connectivity index (χ1v) is 9.20. The maximum atomic E-state index is 12.1. The van der Waals surface area contributed by atoms with Crippen LogP contribution in [0, 0.1) is 13.8 Å². The molecule has 2 N–H and O–H groups in total. The van der Waals surface area contributed by atoms with Gasteiger partial charge in [-0.05, 0) is 55.7 Å². The Morgan fingerprint density at radius 2 is 1.79 bits per heavy atom. The molecule has 1 atom stereocenters. The van der Waals surface area contributed by atoms with Crippen molar-refractivity contribution in [2.75, 3.05) is 13.2 Å². The van der Waals surface area contributed by atoms with Gasteiger partial charge in [0.2, 0.25) is 0 Å². The number of hydrogen-bond donors (Lipinski definition) is 2. The molecule has 0 aromatic heterocycles. The molecule has 148 valence electrons. The predicted molar refractivity (Wildman–Crippen MR) is 107 cm³/mol. The summed E-state index contributed by atoms with van der Waals surface area (Å²) in [6, 6.07) is 12.1. The highest BCUT2D eigenvalue weighted by Gasteiger charge is 2.15. The van der Waals surface area contributed by atoms with Gasteiger partial charge in [-0.25, -0.2) is 0 Å². The Balaban J connectivity index is 1.75. The van der Waals surface area contributed by atoms with E-state index in [1.165, 1.54) is 0 Å².